The zero-order valence-corrected chi connectivity index (χ0v) is 14.3. The molecule has 1 atom stereocenters. The number of alkyl halides is 1. The Kier molecular flexibility index (Phi) is 8.85. The van der Waals surface area contributed by atoms with Gasteiger partial charge in [-0.1, -0.05) is 22.9 Å². The monoisotopic (exact) mass is 536 g/mol. The van der Waals surface area contributed by atoms with Gasteiger partial charge < -0.3 is 4.74 Å². The molecule has 0 aliphatic rings. The summed E-state index contributed by atoms with van der Waals surface area (Å²) in [7, 11) is 0. The van der Waals surface area contributed by atoms with E-state index in [-0.39, 0.29) is 10.8 Å². The summed E-state index contributed by atoms with van der Waals surface area (Å²) in [4.78, 5) is 11.0. The molecular formula is C7H8Br2I2O2. The van der Waals surface area contributed by atoms with Crippen LogP contribution in [0.25, 0.3) is 0 Å². The predicted molar refractivity (Wildman–Crippen MR) is 78.0 cm³/mol. The van der Waals surface area contributed by atoms with Crippen LogP contribution >= 0.6 is 77.0 Å². The Balaban J connectivity index is 3.91. The molecule has 0 saturated heterocycles. The second kappa shape index (κ2) is 7.86. The third-order valence-corrected chi connectivity index (χ3v) is 5.94. The molecule has 2 nitrogen and oxygen atoms in total. The molecule has 0 aliphatic carbocycles. The molecular weight excluding hydrogens is 530 g/mol. The van der Waals surface area contributed by atoms with E-state index in [9.17, 15) is 4.79 Å². The highest BCUT2D eigenvalue weighted by Gasteiger charge is 2.14. The van der Waals surface area contributed by atoms with Crippen molar-refractivity contribution in [2.24, 2.45) is 0 Å². The highest BCUT2D eigenvalue weighted by atomic mass is 127. The number of hydrogen-bond donors (Lipinski definition) is 0. The minimum absolute atomic E-state index is 0.190. The fraction of sp³-hybridized carbons (Fsp3) is 0.571. The Hall–Kier alpha value is 1.63. The average molecular weight is 538 g/mol. The fourth-order valence-corrected chi connectivity index (χ4v) is 1.00. The molecule has 0 radical (unpaired) electrons. The molecule has 1 unspecified atom stereocenters. The van der Waals surface area contributed by atoms with Gasteiger partial charge in [-0.05, 0) is 67.5 Å². The molecule has 0 saturated carbocycles. The SMILES string of the molecule is CCC(Br)C(=O)OCC(I)=C(Br)I. The van der Waals surface area contributed by atoms with E-state index < -0.39 is 0 Å². The summed E-state index contributed by atoms with van der Waals surface area (Å²) in [6, 6.07) is 0. The molecule has 0 amide bonds. The Bertz CT molecular complexity index is 215. The van der Waals surface area contributed by atoms with Gasteiger partial charge in [-0.15, -0.1) is 0 Å². The number of carbonyl (C=O) groups is 1. The lowest BCUT2D eigenvalue weighted by molar-refractivity contribution is -0.141. The standard InChI is InChI=1S/C7H8Br2I2O2/c1-2-4(8)7(12)13-3-5(10)6(9)11/h4H,2-3H2,1H3. The number of esters is 1. The van der Waals surface area contributed by atoms with Crippen LogP contribution in [0.15, 0.2) is 6.07 Å². The highest BCUT2D eigenvalue weighted by molar-refractivity contribution is 14.1. The van der Waals surface area contributed by atoms with Crippen LogP contribution < -0.4 is 0 Å². The van der Waals surface area contributed by atoms with Crippen molar-refractivity contribution in [2.75, 3.05) is 6.61 Å². The van der Waals surface area contributed by atoms with Crippen LogP contribution in [0.1, 0.15) is 13.3 Å². The summed E-state index contributed by atoms with van der Waals surface area (Å²) in [5.41, 5.74) is 0. The number of halogens is 4. The van der Waals surface area contributed by atoms with Gasteiger partial charge in [0.15, 0.2) is 0 Å². The summed E-state index contributed by atoms with van der Waals surface area (Å²) in [5.74, 6) is -0.207. The van der Waals surface area contributed by atoms with Crippen molar-refractivity contribution in [1.82, 2.24) is 0 Å². The second-order valence-electron chi connectivity index (χ2n) is 2.15. The van der Waals surface area contributed by atoms with Gasteiger partial charge in [0.05, 0.1) is 2.49 Å². The zero-order chi connectivity index (χ0) is 10.4. The normalized spacial score (nSPS) is 14.8. The molecule has 0 aromatic heterocycles. The van der Waals surface area contributed by atoms with Crippen LogP contribution in [0.4, 0.5) is 0 Å². The van der Waals surface area contributed by atoms with Gasteiger partial charge in [0, 0.05) is 3.58 Å². The lowest BCUT2D eigenvalue weighted by Crippen LogP contribution is -2.17. The van der Waals surface area contributed by atoms with Gasteiger partial charge in [0.1, 0.15) is 11.4 Å². The number of hydrogen-bond acceptors (Lipinski definition) is 2. The first-order chi connectivity index (χ1) is 5.99. The Labute approximate surface area is 122 Å². The molecule has 0 heterocycles. The van der Waals surface area contributed by atoms with Crippen molar-refractivity contribution in [3.8, 4) is 0 Å². The van der Waals surface area contributed by atoms with Crippen molar-refractivity contribution in [2.45, 2.75) is 18.2 Å². The molecule has 0 fully saturated rings. The summed E-state index contributed by atoms with van der Waals surface area (Å²) < 4.78 is 6.99. The van der Waals surface area contributed by atoms with E-state index in [4.69, 9.17) is 4.74 Å². The average Bonchev–Trinajstić information content (AvgIpc) is 2.11. The Morgan fingerprint density at radius 2 is 2.08 bits per heavy atom. The predicted octanol–water partition coefficient (Wildman–Crippen LogP) is 4.14. The molecule has 0 aromatic rings. The van der Waals surface area contributed by atoms with Crippen LogP contribution in [0.2, 0.25) is 0 Å². The van der Waals surface area contributed by atoms with Gasteiger partial charge in [-0.25, -0.2) is 0 Å². The smallest absolute Gasteiger partial charge is 0.320 e. The summed E-state index contributed by atoms with van der Waals surface area (Å²) in [6.07, 6.45) is 0.741. The van der Waals surface area contributed by atoms with Crippen LogP contribution in [0.5, 0.6) is 0 Å². The van der Waals surface area contributed by atoms with Crippen LogP contribution in [-0.4, -0.2) is 17.4 Å². The summed E-state index contributed by atoms with van der Waals surface area (Å²) >= 11 is 10.8. The minimum Gasteiger partial charge on any atom is -0.459 e. The maximum absolute atomic E-state index is 11.2. The third kappa shape index (κ3) is 6.67. The molecule has 0 aliphatic heterocycles. The fourth-order valence-electron chi connectivity index (χ4n) is 0.446. The number of carbonyl (C=O) groups excluding carboxylic acids is 1. The van der Waals surface area contributed by atoms with E-state index in [1.54, 1.807) is 0 Å². The van der Waals surface area contributed by atoms with E-state index >= 15 is 0 Å². The van der Waals surface area contributed by atoms with Crippen LogP contribution in [0, 0.1) is 0 Å². The number of ether oxygens (including phenoxy) is 1. The largest absolute Gasteiger partial charge is 0.459 e. The Morgan fingerprint density at radius 3 is 2.46 bits per heavy atom. The lowest BCUT2D eigenvalue weighted by Gasteiger charge is -2.07. The quantitative estimate of drug-likeness (QED) is 0.306. The minimum atomic E-state index is -0.207. The van der Waals surface area contributed by atoms with E-state index in [1.807, 2.05) is 6.92 Å². The molecule has 0 rings (SSSR count). The Morgan fingerprint density at radius 1 is 1.54 bits per heavy atom. The van der Waals surface area contributed by atoms with Crippen molar-refractivity contribution >= 4 is 83.0 Å². The summed E-state index contributed by atoms with van der Waals surface area (Å²) in [5, 5.41) is 0. The second-order valence-corrected chi connectivity index (χ2v) is 7.91. The molecule has 0 aromatic carbocycles. The van der Waals surface area contributed by atoms with E-state index in [0.717, 1.165) is 12.5 Å². The highest BCUT2D eigenvalue weighted by Crippen LogP contribution is 2.25. The van der Waals surface area contributed by atoms with Crippen molar-refractivity contribution in [3.63, 3.8) is 0 Å². The van der Waals surface area contributed by atoms with Crippen LogP contribution in [-0.2, 0) is 9.53 Å². The maximum Gasteiger partial charge on any atom is 0.320 e. The molecule has 0 N–H and O–H groups in total. The van der Waals surface area contributed by atoms with Gasteiger partial charge >= 0.3 is 5.97 Å². The first kappa shape index (κ1) is 14.6. The van der Waals surface area contributed by atoms with Crippen molar-refractivity contribution < 1.29 is 9.53 Å². The van der Waals surface area contributed by atoms with E-state index in [0.29, 0.717) is 6.61 Å². The molecule has 0 bridgehead atoms. The molecule has 13 heavy (non-hydrogen) atoms. The number of rotatable bonds is 4. The van der Waals surface area contributed by atoms with Gasteiger partial charge in [-0.3, -0.25) is 4.79 Å². The third-order valence-electron chi connectivity index (χ3n) is 1.16. The van der Waals surface area contributed by atoms with E-state index in [1.165, 1.54) is 0 Å². The van der Waals surface area contributed by atoms with Crippen molar-refractivity contribution in [1.29, 1.82) is 0 Å². The molecule has 76 valence electrons. The molecule has 6 heteroatoms. The van der Waals surface area contributed by atoms with Gasteiger partial charge in [0.25, 0.3) is 0 Å². The zero-order valence-electron chi connectivity index (χ0n) is 6.82. The topological polar surface area (TPSA) is 26.3 Å². The van der Waals surface area contributed by atoms with Gasteiger partial charge in [-0.2, -0.15) is 0 Å². The van der Waals surface area contributed by atoms with Gasteiger partial charge in [0.2, 0.25) is 0 Å². The maximum atomic E-state index is 11.2. The van der Waals surface area contributed by atoms with E-state index in [2.05, 4.69) is 77.0 Å². The lowest BCUT2D eigenvalue weighted by atomic mass is 10.3. The molecule has 0 spiro atoms. The van der Waals surface area contributed by atoms with Crippen molar-refractivity contribution in [3.05, 3.63) is 6.07 Å². The summed E-state index contributed by atoms with van der Waals surface area (Å²) in [6.45, 7) is 2.26. The first-order valence-electron chi connectivity index (χ1n) is 3.49. The first-order valence-corrected chi connectivity index (χ1v) is 7.36. The van der Waals surface area contributed by atoms with Crippen LogP contribution in [0.3, 0.4) is 0 Å².